The number of unbranched alkanes of at least 4 members (excludes halogenated alkanes) is 22. The molecule has 0 saturated carbocycles. The van der Waals surface area contributed by atoms with Crippen LogP contribution in [0.25, 0.3) is 0 Å². The van der Waals surface area contributed by atoms with Crippen LogP contribution in [0.1, 0.15) is 194 Å². The van der Waals surface area contributed by atoms with E-state index in [0.717, 1.165) is 51.4 Å². The molecule has 0 heterocycles. The van der Waals surface area contributed by atoms with Crippen molar-refractivity contribution in [3.63, 3.8) is 0 Å². The number of esters is 2. The minimum atomic E-state index is -0.844. The summed E-state index contributed by atoms with van der Waals surface area (Å²) in [6, 6.07) is 0. The Morgan fingerprint density at radius 1 is 0.511 bits per heavy atom. The standard InChI is InChI=1S/C39H73O5P/c1-3-5-7-9-11-13-15-17-19-21-23-25-27-29-31-33-37(41)43-36(35-40)39(45)44-38(42)34-32-30-28-26-24-22-20-18-16-14-12-10-8-6-4-2/h17-20,36,39-40H,3-16,21-35,45H2,1-2H3. The van der Waals surface area contributed by atoms with Crippen molar-refractivity contribution in [1.29, 1.82) is 0 Å². The largest absolute Gasteiger partial charge is 0.456 e. The number of aliphatic hydroxyl groups is 1. The number of rotatable bonds is 34. The number of hydrogen-bond donors (Lipinski definition) is 1. The molecule has 0 amide bonds. The molecule has 45 heavy (non-hydrogen) atoms. The second kappa shape index (κ2) is 35.7. The summed E-state index contributed by atoms with van der Waals surface area (Å²) in [7, 11) is 2.39. The number of allylic oxidation sites excluding steroid dienone is 4. The number of carbonyl (C=O) groups is 2. The van der Waals surface area contributed by atoms with Crippen LogP contribution in [0, 0.1) is 0 Å². The van der Waals surface area contributed by atoms with Gasteiger partial charge in [0.1, 0.15) is 0 Å². The highest BCUT2D eigenvalue weighted by Gasteiger charge is 2.24. The predicted molar refractivity (Wildman–Crippen MR) is 195 cm³/mol. The first kappa shape index (κ1) is 43.8. The molecule has 1 N–H and O–H groups in total. The number of hydrogen-bond acceptors (Lipinski definition) is 5. The molecule has 0 rings (SSSR count). The summed E-state index contributed by atoms with van der Waals surface area (Å²) >= 11 is 0. The van der Waals surface area contributed by atoms with Crippen molar-refractivity contribution in [3.8, 4) is 0 Å². The molecule has 0 aromatic carbocycles. The Hall–Kier alpha value is -1.19. The molecule has 3 atom stereocenters. The maximum Gasteiger partial charge on any atom is 0.306 e. The van der Waals surface area contributed by atoms with Gasteiger partial charge in [0.25, 0.3) is 0 Å². The molecule has 0 aliphatic rings. The maximum atomic E-state index is 12.3. The molecular weight excluding hydrogens is 579 g/mol. The van der Waals surface area contributed by atoms with Crippen LogP contribution in [0.2, 0.25) is 0 Å². The zero-order valence-electron chi connectivity index (χ0n) is 29.6. The highest BCUT2D eigenvalue weighted by molar-refractivity contribution is 7.17. The van der Waals surface area contributed by atoms with Crippen molar-refractivity contribution in [1.82, 2.24) is 0 Å². The summed E-state index contributed by atoms with van der Waals surface area (Å²) in [5.74, 6) is -1.38. The topological polar surface area (TPSA) is 72.8 Å². The maximum absolute atomic E-state index is 12.3. The first-order chi connectivity index (χ1) is 22.0. The Morgan fingerprint density at radius 2 is 0.822 bits per heavy atom. The van der Waals surface area contributed by atoms with Crippen molar-refractivity contribution in [3.05, 3.63) is 24.3 Å². The van der Waals surface area contributed by atoms with E-state index in [2.05, 4.69) is 47.4 Å². The fourth-order valence-corrected chi connectivity index (χ4v) is 5.75. The Bertz CT molecular complexity index is 708. The van der Waals surface area contributed by atoms with Gasteiger partial charge in [-0.1, -0.05) is 150 Å². The molecule has 0 saturated heterocycles. The molecule has 6 heteroatoms. The smallest absolute Gasteiger partial charge is 0.306 e. The van der Waals surface area contributed by atoms with Crippen LogP contribution in [0.5, 0.6) is 0 Å². The summed E-state index contributed by atoms with van der Waals surface area (Å²) in [6.45, 7) is 4.15. The van der Waals surface area contributed by atoms with Gasteiger partial charge in [0.15, 0.2) is 11.9 Å². The molecule has 5 nitrogen and oxygen atoms in total. The van der Waals surface area contributed by atoms with Crippen LogP contribution >= 0.6 is 9.24 Å². The molecule has 0 radical (unpaired) electrons. The van der Waals surface area contributed by atoms with Gasteiger partial charge in [-0.15, -0.1) is 0 Å². The first-order valence-corrected chi connectivity index (χ1v) is 19.8. The Labute approximate surface area is 281 Å². The van der Waals surface area contributed by atoms with Gasteiger partial charge >= 0.3 is 11.9 Å². The lowest BCUT2D eigenvalue weighted by Crippen LogP contribution is -2.34. The molecule has 0 fully saturated rings. The lowest BCUT2D eigenvalue weighted by Gasteiger charge is -2.22. The Morgan fingerprint density at radius 3 is 1.18 bits per heavy atom. The molecule has 0 aromatic rings. The third kappa shape index (κ3) is 32.5. The fraction of sp³-hybridized carbons (Fsp3) is 0.846. The third-order valence-corrected chi connectivity index (χ3v) is 8.95. The zero-order chi connectivity index (χ0) is 33.1. The lowest BCUT2D eigenvalue weighted by atomic mass is 10.1. The van der Waals surface area contributed by atoms with Crippen molar-refractivity contribution < 1.29 is 24.2 Å². The van der Waals surface area contributed by atoms with E-state index in [1.54, 1.807) is 0 Å². The number of aliphatic hydroxyl groups excluding tert-OH is 1. The van der Waals surface area contributed by atoms with E-state index in [-0.39, 0.29) is 18.5 Å². The lowest BCUT2D eigenvalue weighted by molar-refractivity contribution is -0.164. The highest BCUT2D eigenvalue weighted by atomic mass is 31.0. The van der Waals surface area contributed by atoms with Crippen LogP contribution in [0.4, 0.5) is 0 Å². The molecule has 0 bridgehead atoms. The van der Waals surface area contributed by atoms with Crippen LogP contribution in [-0.4, -0.2) is 35.6 Å². The van der Waals surface area contributed by atoms with Crippen molar-refractivity contribution in [2.45, 2.75) is 206 Å². The van der Waals surface area contributed by atoms with E-state index in [0.29, 0.717) is 12.8 Å². The molecule has 264 valence electrons. The van der Waals surface area contributed by atoms with Crippen LogP contribution in [0.15, 0.2) is 24.3 Å². The number of ether oxygens (including phenoxy) is 2. The monoisotopic (exact) mass is 653 g/mol. The summed E-state index contributed by atoms with van der Waals surface area (Å²) in [5.41, 5.74) is 0. The summed E-state index contributed by atoms with van der Waals surface area (Å²) < 4.78 is 10.8. The van der Waals surface area contributed by atoms with Gasteiger partial charge in [-0.2, -0.15) is 0 Å². The molecule has 0 aliphatic carbocycles. The van der Waals surface area contributed by atoms with Gasteiger partial charge in [0, 0.05) is 12.8 Å². The molecule has 0 aromatic heterocycles. The Kier molecular flexibility index (Phi) is 34.7. The van der Waals surface area contributed by atoms with E-state index in [1.807, 2.05) is 0 Å². The van der Waals surface area contributed by atoms with Gasteiger partial charge in [-0.3, -0.25) is 9.59 Å². The van der Waals surface area contributed by atoms with Crippen molar-refractivity contribution in [2.24, 2.45) is 0 Å². The average Bonchev–Trinajstić information content (AvgIpc) is 3.03. The molecule has 3 unspecified atom stereocenters. The molecule has 0 spiro atoms. The quantitative estimate of drug-likeness (QED) is 0.0324. The molecular formula is C39H73O5P. The van der Waals surface area contributed by atoms with E-state index in [4.69, 9.17) is 9.47 Å². The summed E-state index contributed by atoms with van der Waals surface area (Å²) in [6.07, 6.45) is 40.6. The predicted octanol–water partition coefficient (Wildman–Crippen LogP) is 11.7. The summed E-state index contributed by atoms with van der Waals surface area (Å²) in [4.78, 5) is 24.5. The molecule has 0 aliphatic heterocycles. The minimum Gasteiger partial charge on any atom is -0.456 e. The van der Waals surface area contributed by atoms with Crippen molar-refractivity contribution in [2.75, 3.05) is 6.61 Å². The fourth-order valence-electron chi connectivity index (χ4n) is 5.40. The Balaban J connectivity index is 3.71. The normalized spacial score (nSPS) is 13.1. The average molecular weight is 653 g/mol. The zero-order valence-corrected chi connectivity index (χ0v) is 30.8. The highest BCUT2D eigenvalue weighted by Crippen LogP contribution is 2.17. The van der Waals surface area contributed by atoms with Gasteiger partial charge in [0.05, 0.1) is 6.61 Å². The van der Waals surface area contributed by atoms with Gasteiger partial charge < -0.3 is 14.6 Å². The summed E-state index contributed by atoms with van der Waals surface area (Å²) in [5, 5.41) is 9.69. The first-order valence-electron chi connectivity index (χ1n) is 19.1. The van der Waals surface area contributed by atoms with Gasteiger partial charge in [-0.25, -0.2) is 0 Å². The van der Waals surface area contributed by atoms with E-state index in [9.17, 15) is 14.7 Å². The van der Waals surface area contributed by atoms with Crippen LogP contribution < -0.4 is 0 Å². The van der Waals surface area contributed by atoms with Crippen LogP contribution in [0.3, 0.4) is 0 Å². The van der Waals surface area contributed by atoms with E-state index in [1.165, 1.54) is 116 Å². The van der Waals surface area contributed by atoms with E-state index < -0.39 is 11.9 Å². The van der Waals surface area contributed by atoms with Gasteiger partial charge in [0.2, 0.25) is 0 Å². The van der Waals surface area contributed by atoms with E-state index >= 15 is 0 Å². The second-order valence-corrected chi connectivity index (χ2v) is 13.5. The van der Waals surface area contributed by atoms with Crippen molar-refractivity contribution >= 4 is 21.2 Å². The van der Waals surface area contributed by atoms with Crippen LogP contribution in [-0.2, 0) is 19.1 Å². The third-order valence-electron chi connectivity index (χ3n) is 8.38. The van der Waals surface area contributed by atoms with Gasteiger partial charge in [-0.05, 0) is 64.2 Å². The second-order valence-electron chi connectivity index (χ2n) is 12.8. The minimum absolute atomic E-state index is 0.306. The number of carbonyl (C=O) groups excluding carboxylic acids is 2. The SMILES string of the molecule is CCCCCCCCC=CCCCCCCCC(=O)OC(P)C(CO)OC(=O)CCCCCCCC=CCCCCCCCC.